The van der Waals surface area contributed by atoms with Crippen LogP contribution in [0.2, 0.25) is 0 Å². The maximum absolute atomic E-state index is 12.7. The lowest BCUT2D eigenvalue weighted by Crippen LogP contribution is -2.51. The van der Waals surface area contributed by atoms with E-state index < -0.39 is 0 Å². The van der Waals surface area contributed by atoms with Crippen LogP contribution >= 0.6 is 0 Å². The van der Waals surface area contributed by atoms with Gasteiger partial charge in [0.2, 0.25) is 11.8 Å². The maximum atomic E-state index is 12.7. The van der Waals surface area contributed by atoms with Gasteiger partial charge in [-0.3, -0.25) is 9.59 Å². The van der Waals surface area contributed by atoms with Crippen molar-refractivity contribution in [3.63, 3.8) is 0 Å². The first-order valence-corrected chi connectivity index (χ1v) is 9.24. The quantitative estimate of drug-likeness (QED) is 0.885. The molecule has 0 spiro atoms. The molecule has 0 saturated carbocycles. The molecule has 3 rings (SSSR count). The number of aryl methyl sites for hydroxylation is 1. The number of carbonyl (C=O) groups is 2. The fourth-order valence-corrected chi connectivity index (χ4v) is 4.10. The molecule has 2 aliphatic rings. The summed E-state index contributed by atoms with van der Waals surface area (Å²) >= 11 is 0. The van der Waals surface area contributed by atoms with Crippen LogP contribution in [-0.2, 0) is 16.0 Å². The highest BCUT2D eigenvalue weighted by atomic mass is 16.3. The van der Waals surface area contributed by atoms with E-state index >= 15 is 0 Å². The minimum Gasteiger partial charge on any atom is -0.396 e. The monoisotopic (exact) mass is 344 g/mol. The first-order chi connectivity index (χ1) is 12.0. The van der Waals surface area contributed by atoms with Crippen LogP contribution in [-0.4, -0.2) is 59.5 Å². The number of hydrogen-bond acceptors (Lipinski definition) is 3. The van der Waals surface area contributed by atoms with Crippen molar-refractivity contribution in [1.29, 1.82) is 0 Å². The standard InChI is InChI=1S/C20H28N2O3/c1-16-6-2-3-7-17(16)12-20(15-23)9-5-11-22(14-20)19(25)13-21-10-4-8-18(21)24/h2-3,6-7,23H,4-5,8-15H2,1H3. The van der Waals surface area contributed by atoms with Crippen molar-refractivity contribution in [1.82, 2.24) is 9.80 Å². The van der Waals surface area contributed by atoms with Crippen molar-refractivity contribution >= 4 is 11.8 Å². The van der Waals surface area contributed by atoms with E-state index in [1.54, 1.807) is 4.90 Å². The highest BCUT2D eigenvalue weighted by molar-refractivity contribution is 5.86. The summed E-state index contributed by atoms with van der Waals surface area (Å²) in [6, 6.07) is 8.24. The summed E-state index contributed by atoms with van der Waals surface area (Å²) in [7, 11) is 0. The van der Waals surface area contributed by atoms with Crippen LogP contribution in [0.1, 0.15) is 36.8 Å². The minimum atomic E-state index is -0.283. The van der Waals surface area contributed by atoms with Gasteiger partial charge in [-0.05, 0) is 43.7 Å². The van der Waals surface area contributed by atoms with E-state index in [-0.39, 0.29) is 30.4 Å². The number of aliphatic hydroxyl groups is 1. The average Bonchev–Trinajstić information content (AvgIpc) is 3.02. The Kier molecular flexibility index (Phi) is 5.42. The molecule has 2 heterocycles. The lowest BCUT2D eigenvalue weighted by molar-refractivity contribution is -0.141. The largest absolute Gasteiger partial charge is 0.396 e. The predicted molar refractivity (Wildman–Crippen MR) is 96.0 cm³/mol. The number of aliphatic hydroxyl groups excluding tert-OH is 1. The van der Waals surface area contributed by atoms with E-state index in [1.165, 1.54) is 11.1 Å². The second-order valence-corrected chi connectivity index (χ2v) is 7.60. The number of carbonyl (C=O) groups excluding carboxylic acids is 2. The summed E-state index contributed by atoms with van der Waals surface area (Å²) in [5.41, 5.74) is 2.18. The van der Waals surface area contributed by atoms with Crippen molar-refractivity contribution in [3.05, 3.63) is 35.4 Å². The van der Waals surface area contributed by atoms with E-state index in [0.29, 0.717) is 19.5 Å². The second-order valence-electron chi connectivity index (χ2n) is 7.60. The Bertz CT molecular complexity index is 646. The molecular weight excluding hydrogens is 316 g/mol. The third-order valence-electron chi connectivity index (χ3n) is 5.67. The molecule has 0 radical (unpaired) electrons. The summed E-state index contributed by atoms with van der Waals surface area (Å²) in [5, 5.41) is 10.1. The smallest absolute Gasteiger partial charge is 0.242 e. The summed E-state index contributed by atoms with van der Waals surface area (Å²) in [6.07, 6.45) is 4.00. The molecule has 1 aromatic rings. The van der Waals surface area contributed by atoms with Gasteiger partial charge in [0.15, 0.2) is 0 Å². The van der Waals surface area contributed by atoms with E-state index in [9.17, 15) is 14.7 Å². The summed E-state index contributed by atoms with van der Waals surface area (Å²) in [5.74, 6) is 0.0937. The molecular formula is C20H28N2O3. The molecule has 1 aromatic carbocycles. The SMILES string of the molecule is Cc1ccccc1CC1(CO)CCCN(C(=O)CN2CCCC2=O)C1. The van der Waals surface area contributed by atoms with Gasteiger partial charge in [-0.25, -0.2) is 0 Å². The molecule has 5 heteroatoms. The van der Waals surface area contributed by atoms with E-state index in [4.69, 9.17) is 0 Å². The Morgan fingerprint density at radius 1 is 1.24 bits per heavy atom. The number of hydrogen-bond donors (Lipinski definition) is 1. The molecule has 0 aromatic heterocycles. The Labute approximate surface area is 149 Å². The molecule has 25 heavy (non-hydrogen) atoms. The zero-order chi connectivity index (χ0) is 17.9. The number of benzene rings is 1. The fraction of sp³-hybridized carbons (Fsp3) is 0.600. The predicted octanol–water partition coefficient (Wildman–Crippen LogP) is 1.76. The van der Waals surface area contributed by atoms with Crippen LogP contribution in [0.4, 0.5) is 0 Å². The van der Waals surface area contributed by atoms with Gasteiger partial charge in [0, 0.05) is 31.5 Å². The topological polar surface area (TPSA) is 60.9 Å². The third kappa shape index (κ3) is 4.03. The van der Waals surface area contributed by atoms with Crippen LogP contribution in [0.5, 0.6) is 0 Å². The van der Waals surface area contributed by atoms with Crippen molar-refractivity contribution in [2.45, 2.75) is 39.0 Å². The third-order valence-corrected chi connectivity index (χ3v) is 5.67. The molecule has 5 nitrogen and oxygen atoms in total. The molecule has 2 amide bonds. The highest BCUT2D eigenvalue weighted by Gasteiger charge is 2.37. The fourth-order valence-electron chi connectivity index (χ4n) is 4.10. The second kappa shape index (κ2) is 7.56. The first-order valence-electron chi connectivity index (χ1n) is 9.24. The normalized spacial score (nSPS) is 24.0. The zero-order valence-corrected chi connectivity index (χ0v) is 15.0. The van der Waals surface area contributed by atoms with Crippen molar-refractivity contribution in [2.75, 3.05) is 32.8 Å². The molecule has 136 valence electrons. The van der Waals surface area contributed by atoms with Gasteiger partial charge in [-0.1, -0.05) is 24.3 Å². The van der Waals surface area contributed by atoms with Crippen molar-refractivity contribution in [3.8, 4) is 0 Å². The lowest BCUT2D eigenvalue weighted by atomic mass is 9.75. The molecule has 1 N–H and O–H groups in total. The van der Waals surface area contributed by atoms with Crippen LogP contribution < -0.4 is 0 Å². The average molecular weight is 344 g/mol. The van der Waals surface area contributed by atoms with E-state index in [0.717, 1.165) is 32.2 Å². The highest BCUT2D eigenvalue weighted by Crippen LogP contribution is 2.34. The van der Waals surface area contributed by atoms with Gasteiger partial charge >= 0.3 is 0 Å². The molecule has 0 aliphatic carbocycles. The van der Waals surface area contributed by atoms with Crippen molar-refractivity contribution in [2.24, 2.45) is 5.41 Å². The Balaban J connectivity index is 1.68. The van der Waals surface area contributed by atoms with Crippen LogP contribution in [0, 0.1) is 12.3 Å². The van der Waals surface area contributed by atoms with Crippen LogP contribution in [0.15, 0.2) is 24.3 Å². The van der Waals surface area contributed by atoms with Gasteiger partial charge in [-0.2, -0.15) is 0 Å². The molecule has 1 unspecified atom stereocenters. The van der Waals surface area contributed by atoms with E-state index in [1.807, 2.05) is 17.0 Å². The Morgan fingerprint density at radius 2 is 2.04 bits per heavy atom. The molecule has 2 saturated heterocycles. The van der Waals surface area contributed by atoms with Crippen LogP contribution in [0.3, 0.4) is 0 Å². The van der Waals surface area contributed by atoms with Crippen molar-refractivity contribution < 1.29 is 14.7 Å². The lowest BCUT2D eigenvalue weighted by Gasteiger charge is -2.42. The van der Waals surface area contributed by atoms with Gasteiger partial charge in [0.25, 0.3) is 0 Å². The minimum absolute atomic E-state index is 0.0116. The zero-order valence-electron chi connectivity index (χ0n) is 15.0. The summed E-state index contributed by atoms with van der Waals surface area (Å²) < 4.78 is 0. The Hall–Kier alpha value is -1.88. The molecule has 1 atom stereocenters. The number of amides is 2. The van der Waals surface area contributed by atoms with Gasteiger partial charge < -0.3 is 14.9 Å². The number of rotatable bonds is 5. The maximum Gasteiger partial charge on any atom is 0.242 e. The molecule has 2 fully saturated rings. The molecule has 0 bridgehead atoms. The number of nitrogens with zero attached hydrogens (tertiary/aromatic N) is 2. The Morgan fingerprint density at radius 3 is 2.72 bits per heavy atom. The van der Waals surface area contributed by atoms with Crippen LogP contribution in [0.25, 0.3) is 0 Å². The van der Waals surface area contributed by atoms with E-state index in [2.05, 4.69) is 19.1 Å². The summed E-state index contributed by atoms with van der Waals surface area (Å²) in [4.78, 5) is 28.0. The van der Waals surface area contributed by atoms with Gasteiger partial charge in [0.05, 0.1) is 13.2 Å². The van der Waals surface area contributed by atoms with Gasteiger partial charge in [0.1, 0.15) is 0 Å². The first kappa shape index (κ1) is 17.9. The number of likely N-dealkylation sites (tertiary alicyclic amines) is 2. The van der Waals surface area contributed by atoms with Gasteiger partial charge in [-0.15, -0.1) is 0 Å². The summed E-state index contributed by atoms with van der Waals surface area (Å²) in [6.45, 7) is 4.32. The number of piperidine rings is 1. The molecule has 2 aliphatic heterocycles.